The average molecular weight is 275 g/mol. The molecule has 0 spiro atoms. The molecule has 2 rings (SSSR count). The van der Waals surface area contributed by atoms with Crippen LogP contribution in [0.3, 0.4) is 0 Å². The van der Waals surface area contributed by atoms with E-state index in [9.17, 15) is 0 Å². The van der Waals surface area contributed by atoms with Crippen molar-refractivity contribution < 1.29 is 4.74 Å². The lowest BCUT2D eigenvalue weighted by molar-refractivity contribution is -0.00958. The zero-order valence-electron chi connectivity index (χ0n) is 13.1. The highest BCUT2D eigenvalue weighted by molar-refractivity contribution is 5.20. The van der Waals surface area contributed by atoms with Crippen LogP contribution in [-0.2, 0) is 4.74 Å². The summed E-state index contributed by atoms with van der Waals surface area (Å²) in [5.74, 6) is 1.34. The number of ether oxygens (including phenoxy) is 1. The first-order valence-electron chi connectivity index (χ1n) is 8.12. The van der Waals surface area contributed by atoms with E-state index in [1.807, 2.05) is 0 Å². The SMILES string of the molecule is CCCNC(c1ccccc1)C(OCC1CC1)C(C)C. The molecule has 1 N–H and O–H groups in total. The maximum Gasteiger partial charge on any atom is 0.0792 e. The van der Waals surface area contributed by atoms with Gasteiger partial charge in [0.25, 0.3) is 0 Å². The van der Waals surface area contributed by atoms with Crippen molar-refractivity contribution in [3.63, 3.8) is 0 Å². The van der Waals surface area contributed by atoms with Gasteiger partial charge in [-0.3, -0.25) is 0 Å². The molecule has 1 aliphatic carbocycles. The highest BCUT2D eigenvalue weighted by Gasteiger charge is 2.29. The third-order valence-electron chi connectivity index (χ3n) is 3.98. The largest absolute Gasteiger partial charge is 0.376 e. The Kier molecular flexibility index (Phi) is 6.06. The molecule has 0 amide bonds. The number of benzene rings is 1. The van der Waals surface area contributed by atoms with Gasteiger partial charge in [0.2, 0.25) is 0 Å². The quantitative estimate of drug-likeness (QED) is 0.730. The second kappa shape index (κ2) is 7.80. The summed E-state index contributed by atoms with van der Waals surface area (Å²) in [5.41, 5.74) is 1.34. The Labute approximate surface area is 123 Å². The summed E-state index contributed by atoms with van der Waals surface area (Å²) in [5, 5.41) is 3.69. The average Bonchev–Trinajstić information content (AvgIpc) is 3.27. The fraction of sp³-hybridized carbons (Fsp3) is 0.667. The predicted molar refractivity (Wildman–Crippen MR) is 84.8 cm³/mol. The zero-order chi connectivity index (χ0) is 14.4. The second-order valence-electron chi connectivity index (χ2n) is 6.33. The van der Waals surface area contributed by atoms with Gasteiger partial charge in [-0.05, 0) is 43.2 Å². The second-order valence-corrected chi connectivity index (χ2v) is 6.33. The summed E-state index contributed by atoms with van der Waals surface area (Å²) in [4.78, 5) is 0. The fourth-order valence-corrected chi connectivity index (χ4v) is 2.59. The molecule has 1 saturated carbocycles. The number of hydrogen-bond donors (Lipinski definition) is 1. The highest BCUT2D eigenvalue weighted by Crippen LogP contribution is 2.32. The molecule has 1 aliphatic rings. The predicted octanol–water partition coefficient (Wildman–Crippen LogP) is 4.18. The Balaban J connectivity index is 2.07. The number of hydrogen-bond acceptors (Lipinski definition) is 2. The molecule has 2 nitrogen and oxygen atoms in total. The van der Waals surface area contributed by atoms with Gasteiger partial charge < -0.3 is 10.1 Å². The molecule has 0 heterocycles. The Morgan fingerprint density at radius 3 is 2.45 bits per heavy atom. The normalized spacial score (nSPS) is 18.2. The van der Waals surface area contributed by atoms with Crippen LogP contribution >= 0.6 is 0 Å². The van der Waals surface area contributed by atoms with Crippen molar-refractivity contribution >= 4 is 0 Å². The summed E-state index contributed by atoms with van der Waals surface area (Å²) in [6.45, 7) is 8.71. The van der Waals surface area contributed by atoms with Crippen LogP contribution in [-0.4, -0.2) is 19.3 Å². The summed E-state index contributed by atoms with van der Waals surface area (Å²) in [7, 11) is 0. The zero-order valence-corrected chi connectivity index (χ0v) is 13.1. The molecule has 2 unspecified atom stereocenters. The van der Waals surface area contributed by atoms with Crippen molar-refractivity contribution in [2.24, 2.45) is 11.8 Å². The molecular formula is C18H29NO. The van der Waals surface area contributed by atoms with Gasteiger partial charge in [-0.1, -0.05) is 51.1 Å². The Hall–Kier alpha value is -0.860. The van der Waals surface area contributed by atoms with Crippen LogP contribution in [0.2, 0.25) is 0 Å². The minimum atomic E-state index is 0.254. The molecule has 1 fully saturated rings. The molecule has 20 heavy (non-hydrogen) atoms. The molecule has 0 aromatic heterocycles. The van der Waals surface area contributed by atoms with Crippen molar-refractivity contribution in [3.05, 3.63) is 35.9 Å². The molecule has 2 atom stereocenters. The molecular weight excluding hydrogens is 246 g/mol. The van der Waals surface area contributed by atoms with E-state index in [0.29, 0.717) is 12.0 Å². The minimum absolute atomic E-state index is 0.254. The van der Waals surface area contributed by atoms with E-state index in [4.69, 9.17) is 4.74 Å². The number of nitrogens with one attached hydrogen (secondary N) is 1. The summed E-state index contributed by atoms with van der Waals surface area (Å²) in [6.07, 6.45) is 4.10. The molecule has 1 aromatic carbocycles. The van der Waals surface area contributed by atoms with E-state index in [0.717, 1.165) is 25.5 Å². The van der Waals surface area contributed by atoms with Crippen LogP contribution in [0.1, 0.15) is 51.6 Å². The van der Waals surface area contributed by atoms with Gasteiger partial charge in [-0.25, -0.2) is 0 Å². The van der Waals surface area contributed by atoms with Gasteiger partial charge in [-0.2, -0.15) is 0 Å². The maximum atomic E-state index is 6.28. The van der Waals surface area contributed by atoms with E-state index in [2.05, 4.69) is 56.4 Å². The smallest absolute Gasteiger partial charge is 0.0792 e. The van der Waals surface area contributed by atoms with Gasteiger partial charge in [0.15, 0.2) is 0 Å². The van der Waals surface area contributed by atoms with Crippen LogP contribution in [0.15, 0.2) is 30.3 Å². The highest BCUT2D eigenvalue weighted by atomic mass is 16.5. The van der Waals surface area contributed by atoms with Crippen molar-refractivity contribution in [2.75, 3.05) is 13.2 Å². The third kappa shape index (κ3) is 4.60. The van der Waals surface area contributed by atoms with E-state index in [1.54, 1.807) is 0 Å². The summed E-state index contributed by atoms with van der Waals surface area (Å²) in [6, 6.07) is 11.0. The lowest BCUT2D eigenvalue weighted by atomic mass is 9.93. The van der Waals surface area contributed by atoms with E-state index in [-0.39, 0.29) is 6.10 Å². The van der Waals surface area contributed by atoms with Crippen molar-refractivity contribution in [3.8, 4) is 0 Å². The van der Waals surface area contributed by atoms with Crippen LogP contribution in [0, 0.1) is 11.8 Å². The van der Waals surface area contributed by atoms with Crippen LogP contribution < -0.4 is 5.32 Å². The van der Waals surface area contributed by atoms with Crippen molar-refractivity contribution in [1.29, 1.82) is 0 Å². The minimum Gasteiger partial charge on any atom is -0.376 e. The first kappa shape index (κ1) is 15.5. The standard InChI is InChI=1S/C18H29NO/c1-4-12-19-17(16-8-6-5-7-9-16)18(14(2)3)20-13-15-10-11-15/h5-9,14-15,17-19H,4,10-13H2,1-3H3. The molecule has 112 valence electrons. The molecule has 0 aliphatic heterocycles. The fourth-order valence-electron chi connectivity index (χ4n) is 2.59. The number of rotatable bonds is 9. The van der Waals surface area contributed by atoms with E-state index >= 15 is 0 Å². The van der Waals surface area contributed by atoms with Gasteiger partial charge in [-0.15, -0.1) is 0 Å². The Morgan fingerprint density at radius 2 is 1.90 bits per heavy atom. The van der Waals surface area contributed by atoms with Crippen LogP contribution in [0.25, 0.3) is 0 Å². The van der Waals surface area contributed by atoms with Gasteiger partial charge in [0.05, 0.1) is 12.1 Å². The van der Waals surface area contributed by atoms with Crippen LogP contribution in [0.5, 0.6) is 0 Å². The lowest BCUT2D eigenvalue weighted by Crippen LogP contribution is -2.38. The van der Waals surface area contributed by atoms with Crippen molar-refractivity contribution in [2.45, 2.75) is 52.2 Å². The van der Waals surface area contributed by atoms with Crippen molar-refractivity contribution in [1.82, 2.24) is 5.32 Å². The van der Waals surface area contributed by atoms with Gasteiger partial charge in [0.1, 0.15) is 0 Å². The van der Waals surface area contributed by atoms with Gasteiger partial charge in [0, 0.05) is 6.61 Å². The molecule has 0 bridgehead atoms. The van der Waals surface area contributed by atoms with Crippen LogP contribution in [0.4, 0.5) is 0 Å². The van der Waals surface area contributed by atoms with E-state index < -0.39 is 0 Å². The Morgan fingerprint density at radius 1 is 1.20 bits per heavy atom. The Bertz CT molecular complexity index is 372. The van der Waals surface area contributed by atoms with E-state index in [1.165, 1.54) is 18.4 Å². The topological polar surface area (TPSA) is 21.3 Å². The third-order valence-corrected chi connectivity index (χ3v) is 3.98. The summed E-state index contributed by atoms with van der Waals surface area (Å²) < 4.78 is 6.28. The lowest BCUT2D eigenvalue weighted by Gasteiger charge is -2.31. The summed E-state index contributed by atoms with van der Waals surface area (Å²) >= 11 is 0. The first-order chi connectivity index (χ1) is 9.72. The molecule has 2 heteroatoms. The molecule has 0 radical (unpaired) electrons. The van der Waals surface area contributed by atoms with Gasteiger partial charge >= 0.3 is 0 Å². The maximum absolute atomic E-state index is 6.28. The first-order valence-corrected chi connectivity index (χ1v) is 8.12. The molecule has 0 saturated heterocycles. The monoisotopic (exact) mass is 275 g/mol. The molecule has 1 aromatic rings.